The van der Waals surface area contributed by atoms with Crippen LogP contribution in [0.5, 0.6) is 0 Å². The number of esters is 1. The molecule has 0 bridgehead atoms. The van der Waals surface area contributed by atoms with Crippen LogP contribution in [0.1, 0.15) is 53.4 Å². The smallest absolute Gasteiger partial charge is 0.303 e. The van der Waals surface area contributed by atoms with Gasteiger partial charge < -0.3 is 9.47 Å². The lowest BCUT2D eigenvalue weighted by Gasteiger charge is -2.54. The second-order valence-corrected chi connectivity index (χ2v) is 9.92. The molecule has 30 heavy (non-hydrogen) atoms. The molecule has 4 rings (SSSR count). The van der Waals surface area contributed by atoms with Crippen molar-refractivity contribution < 1.29 is 23.9 Å². The molecule has 0 saturated heterocycles. The van der Waals surface area contributed by atoms with Crippen LogP contribution >= 0.6 is 0 Å². The highest BCUT2D eigenvalue weighted by Crippen LogP contribution is 2.67. The molecular formula is C25H32O5. The lowest BCUT2D eigenvalue weighted by Crippen LogP contribution is -2.59. The fourth-order valence-corrected chi connectivity index (χ4v) is 7.27. The summed E-state index contributed by atoms with van der Waals surface area (Å²) in [7, 11) is 1.62. The van der Waals surface area contributed by atoms with Gasteiger partial charge in [0.2, 0.25) is 5.78 Å². The first-order valence-corrected chi connectivity index (χ1v) is 11.0. The number of rotatable bonds is 4. The van der Waals surface area contributed by atoms with Crippen molar-refractivity contribution in [2.45, 2.75) is 59.0 Å². The Balaban J connectivity index is 1.74. The highest BCUT2D eigenvalue weighted by molar-refractivity contribution is 6.01. The molecule has 2 saturated carbocycles. The molecule has 4 aliphatic rings. The molecule has 0 aromatic rings. The number of fused-ring (bicyclic) bond motifs is 5. The van der Waals surface area contributed by atoms with Crippen molar-refractivity contribution in [3.63, 3.8) is 0 Å². The lowest BCUT2D eigenvalue weighted by molar-refractivity contribution is -0.173. The summed E-state index contributed by atoms with van der Waals surface area (Å²) < 4.78 is 11.2. The third kappa shape index (κ3) is 2.67. The van der Waals surface area contributed by atoms with Gasteiger partial charge in [-0.05, 0) is 62.5 Å². The highest BCUT2D eigenvalue weighted by Gasteiger charge is 2.68. The van der Waals surface area contributed by atoms with Crippen molar-refractivity contribution in [2.24, 2.45) is 28.6 Å². The van der Waals surface area contributed by atoms with Gasteiger partial charge in [-0.3, -0.25) is 14.4 Å². The van der Waals surface area contributed by atoms with Crippen LogP contribution in [-0.4, -0.2) is 36.9 Å². The molecule has 4 aliphatic carbocycles. The molecule has 0 spiro atoms. The van der Waals surface area contributed by atoms with Gasteiger partial charge in [-0.25, -0.2) is 0 Å². The van der Waals surface area contributed by atoms with Gasteiger partial charge in [0, 0.05) is 24.9 Å². The highest BCUT2D eigenvalue weighted by atomic mass is 16.5. The molecule has 0 aromatic heterocycles. The minimum atomic E-state index is -0.968. The van der Waals surface area contributed by atoms with Crippen molar-refractivity contribution >= 4 is 17.5 Å². The Morgan fingerprint density at radius 3 is 2.67 bits per heavy atom. The number of allylic oxidation sites excluding steroid dienone is 6. The second-order valence-electron chi connectivity index (χ2n) is 9.92. The van der Waals surface area contributed by atoms with E-state index in [1.165, 1.54) is 18.1 Å². The summed E-state index contributed by atoms with van der Waals surface area (Å²) in [4.78, 5) is 36.6. The number of ketones is 2. The Morgan fingerprint density at radius 1 is 1.27 bits per heavy atom. The van der Waals surface area contributed by atoms with Crippen molar-refractivity contribution in [3.05, 3.63) is 35.5 Å². The van der Waals surface area contributed by atoms with Crippen molar-refractivity contribution in [1.29, 1.82) is 0 Å². The summed E-state index contributed by atoms with van der Waals surface area (Å²) >= 11 is 0. The largest absolute Gasteiger partial charge is 0.458 e. The van der Waals surface area contributed by atoms with Crippen molar-refractivity contribution in [3.8, 4) is 0 Å². The molecule has 6 atom stereocenters. The maximum atomic E-state index is 13.4. The van der Waals surface area contributed by atoms with Gasteiger partial charge >= 0.3 is 5.97 Å². The first kappa shape index (κ1) is 21.2. The van der Waals surface area contributed by atoms with Crippen LogP contribution in [-0.2, 0) is 23.9 Å². The first-order chi connectivity index (χ1) is 14.1. The van der Waals surface area contributed by atoms with E-state index >= 15 is 0 Å². The van der Waals surface area contributed by atoms with E-state index in [-0.39, 0.29) is 34.9 Å². The van der Waals surface area contributed by atoms with Crippen LogP contribution < -0.4 is 0 Å². The molecule has 2 unspecified atom stereocenters. The van der Waals surface area contributed by atoms with Crippen LogP contribution in [0, 0.1) is 28.6 Å². The molecule has 2 fully saturated rings. The number of carbonyl (C=O) groups excluding carboxylic acids is 3. The Bertz CT molecular complexity index is 895. The summed E-state index contributed by atoms with van der Waals surface area (Å²) in [5, 5.41) is 0. The zero-order chi connectivity index (χ0) is 21.9. The molecule has 0 radical (unpaired) electrons. The summed E-state index contributed by atoms with van der Waals surface area (Å²) in [6.45, 7) is 7.56. The summed E-state index contributed by atoms with van der Waals surface area (Å²) in [6, 6.07) is 0. The SMILES string of the molecule is CO[C@]1(C(=O)COC(C)=O)[C@H](C)CC2C3CCC4=CC(=O)C=C[C@]4(C)C3=CC[C@@]21C. The van der Waals surface area contributed by atoms with Gasteiger partial charge in [0.1, 0.15) is 5.60 Å². The van der Waals surface area contributed by atoms with Crippen LogP contribution in [0.15, 0.2) is 35.5 Å². The van der Waals surface area contributed by atoms with Crippen LogP contribution in [0.4, 0.5) is 0 Å². The normalized spacial score (nSPS) is 41.9. The Hall–Kier alpha value is -2.01. The fourth-order valence-electron chi connectivity index (χ4n) is 7.27. The quantitative estimate of drug-likeness (QED) is 0.516. The molecule has 0 amide bonds. The van der Waals surface area contributed by atoms with Gasteiger partial charge in [0.15, 0.2) is 12.4 Å². The minimum absolute atomic E-state index is 0.0292. The average molecular weight is 413 g/mol. The zero-order valence-corrected chi connectivity index (χ0v) is 18.6. The van der Waals surface area contributed by atoms with Crippen molar-refractivity contribution in [1.82, 2.24) is 0 Å². The third-order valence-corrected chi connectivity index (χ3v) is 8.63. The fraction of sp³-hybridized carbons (Fsp3) is 0.640. The number of ether oxygens (including phenoxy) is 2. The monoisotopic (exact) mass is 412 g/mol. The van der Waals surface area contributed by atoms with Gasteiger partial charge in [0.05, 0.1) is 0 Å². The van der Waals surface area contributed by atoms with E-state index in [0.29, 0.717) is 11.8 Å². The van der Waals surface area contributed by atoms with Gasteiger partial charge in [-0.1, -0.05) is 37.1 Å². The molecule has 0 aromatic carbocycles. The zero-order valence-electron chi connectivity index (χ0n) is 18.6. The van der Waals surface area contributed by atoms with Crippen molar-refractivity contribution in [2.75, 3.05) is 13.7 Å². The number of Topliss-reactive ketones (excluding diaryl/α,β-unsaturated/α-hetero) is 1. The van der Waals surface area contributed by atoms with E-state index in [9.17, 15) is 14.4 Å². The number of methoxy groups -OCH3 is 1. The minimum Gasteiger partial charge on any atom is -0.458 e. The third-order valence-electron chi connectivity index (χ3n) is 8.63. The maximum absolute atomic E-state index is 13.4. The van der Waals surface area contributed by atoms with E-state index in [2.05, 4.69) is 32.9 Å². The topological polar surface area (TPSA) is 69.7 Å². The summed E-state index contributed by atoms with van der Waals surface area (Å²) in [5.74, 6) is 0.168. The van der Waals surface area contributed by atoms with Gasteiger partial charge in [-0.15, -0.1) is 0 Å². The number of hydrogen-bond acceptors (Lipinski definition) is 5. The van der Waals surface area contributed by atoms with E-state index in [1.54, 1.807) is 13.2 Å². The molecule has 162 valence electrons. The second kappa shape index (κ2) is 7.01. The first-order valence-electron chi connectivity index (χ1n) is 11.0. The molecule has 0 heterocycles. The molecule has 5 nitrogen and oxygen atoms in total. The average Bonchev–Trinajstić information content (AvgIpc) is 2.93. The lowest BCUT2D eigenvalue weighted by atomic mass is 9.51. The van der Waals surface area contributed by atoms with E-state index in [1.807, 2.05) is 6.08 Å². The predicted octanol–water partition coefficient (Wildman–Crippen LogP) is 3.98. The van der Waals surface area contributed by atoms with Crippen LogP contribution in [0.25, 0.3) is 0 Å². The summed E-state index contributed by atoms with van der Waals surface area (Å²) in [5.41, 5.74) is 1.05. The van der Waals surface area contributed by atoms with E-state index in [0.717, 1.165) is 25.7 Å². The molecule has 0 N–H and O–H groups in total. The van der Waals surface area contributed by atoms with E-state index < -0.39 is 11.6 Å². The standard InChI is InChI=1S/C25H32O5/c1-15-12-21-19-7-6-17-13-18(27)8-10-23(17,3)20(19)9-11-24(21,4)25(15,29-5)22(28)14-30-16(2)26/h8-10,13,15,19,21H,6-7,11-12,14H2,1-5H3/t15-,19?,21?,23+,24+,25+/m1/s1. The van der Waals surface area contributed by atoms with Gasteiger partial charge in [-0.2, -0.15) is 0 Å². The Labute approximate surface area is 178 Å². The van der Waals surface area contributed by atoms with Gasteiger partial charge in [0.25, 0.3) is 0 Å². The Morgan fingerprint density at radius 2 is 2.00 bits per heavy atom. The van der Waals surface area contributed by atoms with Crippen LogP contribution in [0.3, 0.4) is 0 Å². The molecule has 0 aliphatic heterocycles. The summed E-state index contributed by atoms with van der Waals surface area (Å²) in [6.07, 6.45) is 11.4. The predicted molar refractivity (Wildman–Crippen MR) is 113 cm³/mol. The van der Waals surface area contributed by atoms with Crippen LogP contribution in [0.2, 0.25) is 0 Å². The maximum Gasteiger partial charge on any atom is 0.303 e. The number of hydrogen-bond donors (Lipinski definition) is 0. The molecule has 5 heteroatoms. The Kier molecular flexibility index (Phi) is 4.96. The van der Waals surface area contributed by atoms with E-state index in [4.69, 9.17) is 9.47 Å². The number of carbonyl (C=O) groups is 3. The molecular weight excluding hydrogens is 380 g/mol.